The van der Waals surface area contributed by atoms with Crippen LogP contribution in [0.3, 0.4) is 0 Å². The molecule has 30 heavy (non-hydrogen) atoms. The lowest BCUT2D eigenvalue weighted by Gasteiger charge is -2.19. The highest BCUT2D eigenvalue weighted by atomic mass is 16.6. The molecule has 7 nitrogen and oxygen atoms in total. The van der Waals surface area contributed by atoms with Crippen molar-refractivity contribution in [3.63, 3.8) is 0 Å². The van der Waals surface area contributed by atoms with Crippen LogP contribution >= 0.6 is 0 Å². The SMILES string of the molecule is CCOc1c(OC)ccc(-c2cccc3c2COC3=O)c1OCC(=O)OC(C)CC. The highest BCUT2D eigenvalue weighted by Gasteiger charge is 2.27. The lowest BCUT2D eigenvalue weighted by atomic mass is 9.95. The number of carbonyl (C=O) groups excluding carboxylic acids is 2. The summed E-state index contributed by atoms with van der Waals surface area (Å²) in [6, 6.07) is 8.97. The first-order chi connectivity index (χ1) is 14.5. The first-order valence-corrected chi connectivity index (χ1v) is 9.95. The van der Waals surface area contributed by atoms with Gasteiger partial charge in [0.1, 0.15) is 6.61 Å². The fourth-order valence-corrected chi connectivity index (χ4v) is 3.22. The van der Waals surface area contributed by atoms with E-state index in [2.05, 4.69) is 0 Å². The topological polar surface area (TPSA) is 80.3 Å². The van der Waals surface area contributed by atoms with Gasteiger partial charge in [-0.15, -0.1) is 0 Å². The fourth-order valence-electron chi connectivity index (χ4n) is 3.22. The molecule has 0 saturated heterocycles. The molecule has 0 N–H and O–H groups in total. The molecule has 0 spiro atoms. The summed E-state index contributed by atoms with van der Waals surface area (Å²) in [6.07, 6.45) is 0.516. The van der Waals surface area contributed by atoms with E-state index >= 15 is 0 Å². The first-order valence-electron chi connectivity index (χ1n) is 9.95. The van der Waals surface area contributed by atoms with Crippen molar-refractivity contribution in [2.45, 2.75) is 39.9 Å². The van der Waals surface area contributed by atoms with Gasteiger partial charge in [0, 0.05) is 11.1 Å². The number of carbonyl (C=O) groups is 2. The molecule has 0 radical (unpaired) electrons. The molecular weight excluding hydrogens is 388 g/mol. The van der Waals surface area contributed by atoms with Crippen LogP contribution in [0.4, 0.5) is 0 Å². The van der Waals surface area contributed by atoms with Crippen LogP contribution in [0.15, 0.2) is 30.3 Å². The van der Waals surface area contributed by atoms with Crippen LogP contribution in [0, 0.1) is 0 Å². The van der Waals surface area contributed by atoms with Gasteiger partial charge in [-0.1, -0.05) is 19.1 Å². The number of rotatable bonds is 9. The van der Waals surface area contributed by atoms with Crippen molar-refractivity contribution in [2.75, 3.05) is 20.3 Å². The molecule has 2 aromatic carbocycles. The standard InChI is InChI=1S/C23H26O7/c1-5-14(3)30-20(24)13-28-21-16(10-11-19(26-4)22(21)27-6-2)15-8-7-9-17-18(15)12-29-23(17)25/h7-11,14H,5-6,12-13H2,1-4H3. The van der Waals surface area contributed by atoms with E-state index in [1.165, 1.54) is 7.11 Å². The molecule has 1 heterocycles. The number of benzene rings is 2. The Kier molecular flexibility index (Phi) is 6.82. The zero-order valence-electron chi connectivity index (χ0n) is 17.7. The second-order valence-corrected chi connectivity index (χ2v) is 6.81. The lowest BCUT2D eigenvalue weighted by Crippen LogP contribution is -2.20. The largest absolute Gasteiger partial charge is 0.493 e. The third-order valence-corrected chi connectivity index (χ3v) is 4.86. The van der Waals surface area contributed by atoms with Gasteiger partial charge < -0.3 is 23.7 Å². The van der Waals surface area contributed by atoms with E-state index in [9.17, 15) is 9.59 Å². The average Bonchev–Trinajstić information content (AvgIpc) is 3.13. The van der Waals surface area contributed by atoms with E-state index in [1.807, 2.05) is 32.9 Å². The quantitative estimate of drug-likeness (QED) is 0.570. The van der Waals surface area contributed by atoms with E-state index in [0.29, 0.717) is 41.4 Å². The summed E-state index contributed by atoms with van der Waals surface area (Å²) in [5.41, 5.74) is 2.73. The van der Waals surface area contributed by atoms with Crippen molar-refractivity contribution in [3.8, 4) is 28.4 Å². The summed E-state index contributed by atoms with van der Waals surface area (Å²) >= 11 is 0. The molecule has 1 aliphatic heterocycles. The predicted molar refractivity (Wildman–Crippen MR) is 110 cm³/mol. The molecule has 0 fully saturated rings. The molecule has 1 unspecified atom stereocenters. The Hall–Kier alpha value is -3.22. The zero-order valence-corrected chi connectivity index (χ0v) is 17.7. The number of hydrogen-bond donors (Lipinski definition) is 0. The number of ether oxygens (including phenoxy) is 5. The Morgan fingerprint density at radius 1 is 1.07 bits per heavy atom. The molecule has 2 aromatic rings. The minimum absolute atomic E-state index is 0.176. The summed E-state index contributed by atoms with van der Waals surface area (Å²) in [4.78, 5) is 24.2. The lowest BCUT2D eigenvalue weighted by molar-refractivity contribution is -0.150. The second kappa shape index (κ2) is 9.52. The van der Waals surface area contributed by atoms with Crippen LogP contribution in [0.5, 0.6) is 17.2 Å². The number of cyclic esters (lactones) is 1. The summed E-state index contributed by atoms with van der Waals surface area (Å²) < 4.78 is 27.6. The van der Waals surface area contributed by atoms with Crippen LogP contribution in [-0.2, 0) is 20.9 Å². The number of hydrogen-bond acceptors (Lipinski definition) is 7. The van der Waals surface area contributed by atoms with E-state index in [4.69, 9.17) is 23.7 Å². The fraction of sp³-hybridized carbons (Fsp3) is 0.391. The Balaban J connectivity index is 2.04. The maximum atomic E-state index is 12.2. The maximum Gasteiger partial charge on any atom is 0.344 e. The molecule has 1 atom stereocenters. The average molecular weight is 414 g/mol. The number of fused-ring (bicyclic) bond motifs is 1. The smallest absolute Gasteiger partial charge is 0.344 e. The van der Waals surface area contributed by atoms with Crippen molar-refractivity contribution >= 4 is 11.9 Å². The van der Waals surface area contributed by atoms with E-state index in [0.717, 1.165) is 11.1 Å². The molecular formula is C23H26O7. The van der Waals surface area contributed by atoms with Gasteiger partial charge in [0.15, 0.2) is 18.1 Å². The van der Waals surface area contributed by atoms with Crippen LogP contribution < -0.4 is 14.2 Å². The monoisotopic (exact) mass is 414 g/mol. The Morgan fingerprint density at radius 3 is 2.53 bits per heavy atom. The molecule has 0 bridgehead atoms. The number of esters is 2. The van der Waals surface area contributed by atoms with Crippen LogP contribution in [0.25, 0.3) is 11.1 Å². The third-order valence-electron chi connectivity index (χ3n) is 4.86. The van der Waals surface area contributed by atoms with E-state index < -0.39 is 5.97 Å². The normalized spacial score (nSPS) is 13.3. The van der Waals surface area contributed by atoms with Crippen molar-refractivity contribution in [1.82, 2.24) is 0 Å². The summed E-state index contributed by atoms with van der Waals surface area (Å²) in [5.74, 6) is 0.384. The van der Waals surface area contributed by atoms with Crippen LogP contribution in [0.2, 0.25) is 0 Å². The molecule has 3 rings (SSSR count). The number of methoxy groups -OCH3 is 1. The van der Waals surface area contributed by atoms with Gasteiger partial charge in [-0.2, -0.15) is 0 Å². The summed E-state index contributed by atoms with van der Waals surface area (Å²) in [6.45, 7) is 5.88. The van der Waals surface area contributed by atoms with Gasteiger partial charge in [0.2, 0.25) is 5.75 Å². The van der Waals surface area contributed by atoms with Crippen LogP contribution in [0.1, 0.15) is 43.1 Å². The van der Waals surface area contributed by atoms with Gasteiger partial charge in [-0.05, 0) is 44.0 Å². The van der Waals surface area contributed by atoms with Crippen molar-refractivity contribution in [2.24, 2.45) is 0 Å². The predicted octanol–water partition coefficient (Wildman–Crippen LogP) is 4.15. The Morgan fingerprint density at radius 2 is 1.83 bits per heavy atom. The maximum absolute atomic E-state index is 12.2. The Labute approximate surface area is 175 Å². The van der Waals surface area contributed by atoms with Crippen LogP contribution in [-0.4, -0.2) is 38.4 Å². The molecule has 0 aliphatic carbocycles. The van der Waals surface area contributed by atoms with Gasteiger partial charge in [-0.3, -0.25) is 0 Å². The second-order valence-electron chi connectivity index (χ2n) is 6.81. The molecule has 160 valence electrons. The molecule has 1 aliphatic rings. The van der Waals surface area contributed by atoms with Crippen molar-refractivity contribution in [1.29, 1.82) is 0 Å². The molecule has 0 saturated carbocycles. The molecule has 0 amide bonds. The highest BCUT2D eigenvalue weighted by Crippen LogP contribution is 2.46. The van der Waals surface area contributed by atoms with Gasteiger partial charge in [0.05, 0.1) is 25.4 Å². The van der Waals surface area contributed by atoms with Crippen molar-refractivity contribution in [3.05, 3.63) is 41.5 Å². The molecule has 7 heteroatoms. The third kappa shape index (κ3) is 4.35. The minimum atomic E-state index is -0.475. The Bertz CT molecular complexity index is 935. The molecule has 0 aromatic heterocycles. The first kappa shape index (κ1) is 21.5. The summed E-state index contributed by atoms with van der Waals surface area (Å²) in [5, 5.41) is 0. The summed E-state index contributed by atoms with van der Waals surface area (Å²) in [7, 11) is 1.53. The van der Waals surface area contributed by atoms with E-state index in [-0.39, 0.29) is 25.3 Å². The van der Waals surface area contributed by atoms with E-state index in [1.54, 1.807) is 18.2 Å². The minimum Gasteiger partial charge on any atom is -0.493 e. The zero-order chi connectivity index (χ0) is 21.7. The van der Waals surface area contributed by atoms with Gasteiger partial charge in [-0.25, -0.2) is 9.59 Å². The van der Waals surface area contributed by atoms with Crippen molar-refractivity contribution < 1.29 is 33.3 Å². The van der Waals surface area contributed by atoms with Gasteiger partial charge in [0.25, 0.3) is 0 Å². The van der Waals surface area contributed by atoms with Gasteiger partial charge >= 0.3 is 11.9 Å². The highest BCUT2D eigenvalue weighted by molar-refractivity contribution is 5.96.